The van der Waals surface area contributed by atoms with Gasteiger partial charge in [0.05, 0.1) is 30.6 Å². The Balaban J connectivity index is 1.50. The minimum atomic E-state index is -4.78. The molecule has 0 amide bonds. The topological polar surface area (TPSA) is 189 Å². The zero-order chi connectivity index (χ0) is 26.3. The second kappa shape index (κ2) is 10.6. The van der Waals surface area contributed by atoms with Gasteiger partial charge >= 0.3 is 15.2 Å². The van der Waals surface area contributed by atoms with Gasteiger partial charge in [-0.15, -0.1) is 5.10 Å². The van der Waals surface area contributed by atoms with Crippen molar-refractivity contribution in [2.45, 2.75) is 37.7 Å². The quantitative estimate of drug-likeness (QED) is 0.232. The molecular formula is C19H23Cl2N5O8P2. The van der Waals surface area contributed by atoms with Crippen LogP contribution in [0.25, 0.3) is 5.65 Å². The number of imidazole rings is 1. The van der Waals surface area contributed by atoms with E-state index < -0.39 is 46.0 Å². The molecule has 36 heavy (non-hydrogen) atoms. The Morgan fingerprint density at radius 1 is 1.25 bits per heavy atom. The van der Waals surface area contributed by atoms with Crippen LogP contribution >= 0.6 is 38.4 Å². The molecule has 1 fully saturated rings. The van der Waals surface area contributed by atoms with Crippen LogP contribution in [0.2, 0.25) is 10.3 Å². The van der Waals surface area contributed by atoms with Crippen molar-refractivity contribution in [2.24, 2.45) is 0 Å². The van der Waals surface area contributed by atoms with Crippen molar-refractivity contribution >= 4 is 49.9 Å². The average molecular weight is 582 g/mol. The van der Waals surface area contributed by atoms with E-state index in [0.717, 1.165) is 5.56 Å². The van der Waals surface area contributed by atoms with Crippen LogP contribution in [0.5, 0.6) is 0 Å². The third-order valence-corrected chi connectivity index (χ3v) is 9.31. The van der Waals surface area contributed by atoms with Crippen LogP contribution < -0.4 is 5.32 Å². The molecule has 2 aromatic heterocycles. The molecule has 196 valence electrons. The number of aliphatic hydroxyl groups is 1. The summed E-state index contributed by atoms with van der Waals surface area (Å²) >= 11 is 12.1. The van der Waals surface area contributed by atoms with Crippen molar-refractivity contribution < 1.29 is 38.2 Å². The summed E-state index contributed by atoms with van der Waals surface area (Å²) < 4.78 is 34.9. The summed E-state index contributed by atoms with van der Waals surface area (Å²) in [7, 11) is -9.37. The highest BCUT2D eigenvalue weighted by atomic mass is 35.5. The van der Waals surface area contributed by atoms with Crippen molar-refractivity contribution in [2.75, 3.05) is 17.8 Å². The van der Waals surface area contributed by atoms with Gasteiger partial charge in [0.1, 0.15) is 12.2 Å². The molecule has 0 bridgehead atoms. The number of rotatable bonds is 9. The van der Waals surface area contributed by atoms with Crippen molar-refractivity contribution in [1.82, 2.24) is 19.6 Å². The summed E-state index contributed by atoms with van der Waals surface area (Å²) in [4.78, 5) is 36.1. The number of aliphatic hydroxyl groups excluding tert-OH is 1. The first kappa shape index (κ1) is 27.4. The molecule has 4 rings (SSSR count). The largest absolute Gasteiger partial charge is 0.390 e. The van der Waals surface area contributed by atoms with E-state index in [1.54, 1.807) is 12.1 Å². The molecule has 5 N–H and O–H groups in total. The number of aromatic nitrogens is 4. The van der Waals surface area contributed by atoms with Crippen LogP contribution in [0.3, 0.4) is 0 Å². The van der Waals surface area contributed by atoms with Crippen molar-refractivity contribution in [3.8, 4) is 0 Å². The predicted molar refractivity (Wildman–Crippen MR) is 130 cm³/mol. The standard InChI is InChI=1S/C19H23Cl2N5O8P2/c1-10(11-2-4-12(20)5-3-11)23-17-18-22-7-13(26(18)25-19(21)24-17)15-6-14(27)16(34-15)8-33-36(31,32)9-35(28,29)30/h2-5,7,10,14-16,27H,6,8-9H2,1H3,(H,31,32)(H,23,24,25)(H2,28,29,30)/t10-,14-,15+,16+/m0/s1. The fraction of sp³-hybridized carbons (Fsp3) is 0.421. The molecule has 1 aromatic carbocycles. The molecule has 1 saturated heterocycles. The lowest BCUT2D eigenvalue weighted by Gasteiger charge is -2.18. The van der Waals surface area contributed by atoms with Gasteiger partial charge in [0, 0.05) is 11.4 Å². The SMILES string of the molecule is C[C@H](Nc1nc(Cl)nn2c([C@H]3C[C@H](O)[C@@H](COP(=O)(O)CP(=O)(O)O)O3)cnc12)c1ccc(Cl)cc1. The summed E-state index contributed by atoms with van der Waals surface area (Å²) in [6.07, 6.45) is -1.27. The zero-order valence-electron chi connectivity index (χ0n) is 18.7. The third-order valence-electron chi connectivity index (χ3n) is 5.44. The lowest BCUT2D eigenvalue weighted by atomic mass is 10.1. The number of hydrogen-bond acceptors (Lipinski definition) is 9. The van der Waals surface area contributed by atoms with Crippen LogP contribution in [0.15, 0.2) is 30.5 Å². The summed E-state index contributed by atoms with van der Waals surface area (Å²) in [6.45, 7) is 1.37. The second-order valence-corrected chi connectivity index (χ2v) is 13.0. The lowest BCUT2D eigenvalue weighted by Crippen LogP contribution is -2.26. The molecule has 0 saturated carbocycles. The van der Waals surface area contributed by atoms with Gasteiger partial charge in [0.2, 0.25) is 5.28 Å². The number of hydrogen-bond donors (Lipinski definition) is 5. The lowest BCUT2D eigenvalue weighted by molar-refractivity contribution is -0.0198. The van der Waals surface area contributed by atoms with Gasteiger partial charge in [0.15, 0.2) is 17.4 Å². The summed E-state index contributed by atoms with van der Waals surface area (Å²) in [5, 5.41) is 18.4. The molecule has 3 heterocycles. The van der Waals surface area contributed by atoms with E-state index in [9.17, 15) is 19.1 Å². The first-order valence-corrected chi connectivity index (χ1v) is 14.9. The Hall–Kier alpha value is -1.63. The van der Waals surface area contributed by atoms with Gasteiger partial charge < -0.3 is 34.4 Å². The Bertz CT molecular complexity index is 1340. The van der Waals surface area contributed by atoms with Crippen molar-refractivity contribution in [3.05, 3.63) is 52.0 Å². The number of benzene rings is 1. The number of nitrogens with one attached hydrogen (secondary N) is 1. The second-order valence-electron chi connectivity index (χ2n) is 8.27. The van der Waals surface area contributed by atoms with E-state index in [4.69, 9.17) is 42.2 Å². The molecule has 13 nitrogen and oxygen atoms in total. The number of fused-ring (bicyclic) bond motifs is 1. The fourth-order valence-corrected chi connectivity index (χ4v) is 6.62. The molecule has 0 aliphatic carbocycles. The highest BCUT2D eigenvalue weighted by Crippen LogP contribution is 2.55. The summed E-state index contributed by atoms with van der Waals surface area (Å²) in [6, 6.07) is 7.12. The smallest absolute Gasteiger partial charge is 0.340 e. The Morgan fingerprint density at radius 3 is 2.61 bits per heavy atom. The molecular weight excluding hydrogens is 559 g/mol. The maximum absolute atomic E-state index is 11.9. The summed E-state index contributed by atoms with van der Waals surface area (Å²) in [5.41, 5.74) is 1.75. The number of anilines is 1. The monoisotopic (exact) mass is 581 g/mol. The van der Waals surface area contributed by atoms with Gasteiger partial charge in [-0.05, 0) is 36.2 Å². The minimum absolute atomic E-state index is 0.0651. The summed E-state index contributed by atoms with van der Waals surface area (Å²) in [5.74, 6) is -0.972. The van der Waals surface area contributed by atoms with E-state index in [-0.39, 0.29) is 17.7 Å². The molecule has 0 spiro atoms. The van der Waals surface area contributed by atoms with Crippen LogP contribution in [-0.4, -0.2) is 64.1 Å². The minimum Gasteiger partial charge on any atom is -0.390 e. The van der Waals surface area contributed by atoms with E-state index in [1.807, 2.05) is 19.1 Å². The third kappa shape index (κ3) is 6.62. The van der Waals surface area contributed by atoms with Gasteiger partial charge in [-0.1, -0.05) is 23.7 Å². The van der Waals surface area contributed by atoms with Crippen LogP contribution in [0, 0.1) is 0 Å². The number of ether oxygens (including phenoxy) is 1. The zero-order valence-corrected chi connectivity index (χ0v) is 22.0. The van der Waals surface area contributed by atoms with Gasteiger partial charge in [0.25, 0.3) is 0 Å². The van der Waals surface area contributed by atoms with Gasteiger partial charge in [-0.3, -0.25) is 9.13 Å². The molecule has 5 atom stereocenters. The van der Waals surface area contributed by atoms with Crippen LogP contribution in [0.1, 0.15) is 36.7 Å². The Labute approximate surface area is 215 Å². The fourth-order valence-electron chi connectivity index (χ4n) is 3.76. The predicted octanol–water partition coefficient (Wildman–Crippen LogP) is 3.13. The van der Waals surface area contributed by atoms with Gasteiger partial charge in [-0.25, -0.2) is 9.50 Å². The molecule has 3 aromatic rings. The highest BCUT2D eigenvalue weighted by Gasteiger charge is 2.39. The van der Waals surface area contributed by atoms with E-state index >= 15 is 0 Å². The average Bonchev–Trinajstić information content (AvgIpc) is 3.34. The first-order valence-electron chi connectivity index (χ1n) is 10.6. The van der Waals surface area contributed by atoms with Crippen molar-refractivity contribution in [3.63, 3.8) is 0 Å². The van der Waals surface area contributed by atoms with E-state index in [2.05, 4.69) is 20.4 Å². The molecule has 1 unspecified atom stereocenters. The van der Waals surface area contributed by atoms with E-state index in [1.165, 1.54) is 10.7 Å². The molecule has 1 aliphatic heterocycles. The molecule has 1 aliphatic rings. The Kier molecular flexibility index (Phi) is 8.09. The maximum atomic E-state index is 11.9. The normalized spacial score (nSPS) is 23.0. The number of nitrogens with zero attached hydrogens (tertiary/aromatic N) is 4. The molecule has 0 radical (unpaired) electrons. The van der Waals surface area contributed by atoms with Gasteiger partial charge in [-0.2, -0.15) is 4.98 Å². The first-order chi connectivity index (χ1) is 16.8. The highest BCUT2D eigenvalue weighted by molar-refractivity contribution is 7.70. The number of halogens is 2. The van der Waals surface area contributed by atoms with Crippen LogP contribution in [-0.2, 0) is 18.4 Å². The Morgan fingerprint density at radius 2 is 1.94 bits per heavy atom. The van der Waals surface area contributed by atoms with Crippen LogP contribution in [0.4, 0.5) is 5.82 Å². The molecule has 17 heteroatoms. The van der Waals surface area contributed by atoms with Crippen molar-refractivity contribution in [1.29, 1.82) is 0 Å². The van der Waals surface area contributed by atoms with E-state index in [0.29, 0.717) is 22.2 Å². The maximum Gasteiger partial charge on any atom is 0.340 e.